The van der Waals surface area contributed by atoms with E-state index in [4.69, 9.17) is 15.7 Å². The Labute approximate surface area is 128 Å². The summed E-state index contributed by atoms with van der Waals surface area (Å²) in [6.45, 7) is 0. The van der Waals surface area contributed by atoms with Crippen molar-refractivity contribution in [1.82, 2.24) is 4.98 Å². The number of rotatable bonds is 3. The molecule has 0 unspecified atom stereocenters. The standard InChI is InChI=1S/C16H17N3OS/c17-9-12-6-8-16(21-12)14-7-5-11(10-19-14)20-15-4-2-1-3-13(15)18/h5-8,10,13,15H,1-4,18H2/t13-,15+/m0/s1. The molecule has 1 saturated carbocycles. The average Bonchev–Trinajstić information content (AvgIpc) is 2.99. The van der Waals surface area contributed by atoms with E-state index in [2.05, 4.69) is 11.1 Å². The molecule has 2 aromatic rings. The molecule has 108 valence electrons. The molecule has 2 atom stereocenters. The fourth-order valence-corrected chi connectivity index (χ4v) is 3.36. The van der Waals surface area contributed by atoms with Gasteiger partial charge in [-0.3, -0.25) is 4.98 Å². The second-order valence-corrected chi connectivity index (χ2v) is 6.34. The van der Waals surface area contributed by atoms with Crippen molar-refractivity contribution in [3.8, 4) is 22.4 Å². The number of hydrogen-bond acceptors (Lipinski definition) is 5. The zero-order chi connectivity index (χ0) is 14.7. The smallest absolute Gasteiger partial charge is 0.138 e. The van der Waals surface area contributed by atoms with Gasteiger partial charge in [0.2, 0.25) is 0 Å². The molecule has 4 nitrogen and oxygen atoms in total. The summed E-state index contributed by atoms with van der Waals surface area (Å²) in [6.07, 6.45) is 6.25. The summed E-state index contributed by atoms with van der Waals surface area (Å²) in [7, 11) is 0. The van der Waals surface area contributed by atoms with Gasteiger partial charge in [0.05, 0.1) is 16.8 Å². The highest BCUT2D eigenvalue weighted by molar-refractivity contribution is 7.15. The second kappa shape index (κ2) is 6.25. The molecule has 0 aliphatic heterocycles. The molecule has 1 fully saturated rings. The Balaban J connectivity index is 1.70. The van der Waals surface area contributed by atoms with Crippen LogP contribution in [0.1, 0.15) is 30.6 Å². The van der Waals surface area contributed by atoms with Crippen LogP contribution in [0.4, 0.5) is 0 Å². The lowest BCUT2D eigenvalue weighted by Gasteiger charge is -2.28. The minimum Gasteiger partial charge on any atom is -0.487 e. The van der Waals surface area contributed by atoms with Gasteiger partial charge in [0, 0.05) is 6.04 Å². The predicted octanol–water partition coefficient (Wildman–Crippen LogP) is 3.33. The number of ether oxygens (including phenoxy) is 1. The van der Waals surface area contributed by atoms with Crippen LogP contribution < -0.4 is 10.5 Å². The molecular formula is C16H17N3OS. The zero-order valence-electron chi connectivity index (χ0n) is 11.7. The number of nitrogens with two attached hydrogens (primary N) is 1. The summed E-state index contributed by atoms with van der Waals surface area (Å²) in [5.41, 5.74) is 6.95. The molecule has 5 heteroatoms. The Morgan fingerprint density at radius 3 is 2.76 bits per heavy atom. The predicted molar refractivity (Wildman–Crippen MR) is 83.1 cm³/mol. The first-order valence-electron chi connectivity index (χ1n) is 7.15. The first-order valence-corrected chi connectivity index (χ1v) is 7.96. The fourth-order valence-electron chi connectivity index (χ4n) is 2.58. The Morgan fingerprint density at radius 2 is 2.10 bits per heavy atom. The molecule has 0 spiro atoms. The van der Waals surface area contributed by atoms with E-state index in [1.807, 2.05) is 24.3 Å². The highest BCUT2D eigenvalue weighted by Gasteiger charge is 2.23. The molecule has 0 radical (unpaired) electrons. The molecule has 2 N–H and O–H groups in total. The van der Waals surface area contributed by atoms with Crippen molar-refractivity contribution in [3.63, 3.8) is 0 Å². The highest BCUT2D eigenvalue weighted by Crippen LogP contribution is 2.28. The van der Waals surface area contributed by atoms with Crippen LogP contribution in [0.2, 0.25) is 0 Å². The van der Waals surface area contributed by atoms with E-state index in [1.54, 1.807) is 6.20 Å². The van der Waals surface area contributed by atoms with Gasteiger partial charge in [0.1, 0.15) is 22.8 Å². The first kappa shape index (κ1) is 14.1. The lowest BCUT2D eigenvalue weighted by Crippen LogP contribution is -2.41. The number of nitriles is 1. The van der Waals surface area contributed by atoms with E-state index in [9.17, 15) is 0 Å². The average molecular weight is 299 g/mol. The Bertz CT molecular complexity index is 644. The van der Waals surface area contributed by atoms with Gasteiger partial charge in [-0.25, -0.2) is 0 Å². The van der Waals surface area contributed by atoms with E-state index in [0.29, 0.717) is 4.88 Å². The molecule has 2 heterocycles. The summed E-state index contributed by atoms with van der Waals surface area (Å²) < 4.78 is 5.95. The summed E-state index contributed by atoms with van der Waals surface area (Å²) in [5, 5.41) is 8.86. The topological polar surface area (TPSA) is 71.9 Å². The third-order valence-corrected chi connectivity index (χ3v) is 4.76. The van der Waals surface area contributed by atoms with Crippen molar-refractivity contribution in [3.05, 3.63) is 35.3 Å². The van der Waals surface area contributed by atoms with E-state index in [0.717, 1.165) is 29.2 Å². The Kier molecular flexibility index (Phi) is 4.18. The van der Waals surface area contributed by atoms with Gasteiger partial charge >= 0.3 is 0 Å². The van der Waals surface area contributed by atoms with E-state index >= 15 is 0 Å². The van der Waals surface area contributed by atoms with E-state index in [-0.39, 0.29) is 12.1 Å². The number of hydrogen-bond donors (Lipinski definition) is 1. The van der Waals surface area contributed by atoms with Crippen molar-refractivity contribution in [1.29, 1.82) is 5.26 Å². The number of aromatic nitrogens is 1. The summed E-state index contributed by atoms with van der Waals surface area (Å²) in [6, 6.07) is 9.84. The molecule has 1 aliphatic carbocycles. The lowest BCUT2D eigenvalue weighted by molar-refractivity contribution is 0.132. The monoisotopic (exact) mass is 299 g/mol. The van der Waals surface area contributed by atoms with Gasteiger partial charge < -0.3 is 10.5 Å². The summed E-state index contributed by atoms with van der Waals surface area (Å²) >= 11 is 1.44. The van der Waals surface area contributed by atoms with Crippen LogP contribution in [-0.2, 0) is 0 Å². The van der Waals surface area contributed by atoms with Gasteiger partial charge in [0.15, 0.2) is 0 Å². The van der Waals surface area contributed by atoms with Crippen LogP contribution in [0.15, 0.2) is 30.5 Å². The van der Waals surface area contributed by atoms with Crippen LogP contribution >= 0.6 is 11.3 Å². The summed E-state index contributed by atoms with van der Waals surface area (Å²) in [4.78, 5) is 6.11. The molecule has 21 heavy (non-hydrogen) atoms. The first-order chi connectivity index (χ1) is 10.3. The maximum absolute atomic E-state index is 8.86. The van der Waals surface area contributed by atoms with Gasteiger partial charge in [-0.15, -0.1) is 11.3 Å². The van der Waals surface area contributed by atoms with Gasteiger partial charge in [-0.1, -0.05) is 6.42 Å². The Hall–Kier alpha value is -1.90. The molecule has 3 rings (SSSR count). The second-order valence-electron chi connectivity index (χ2n) is 5.26. The molecule has 0 aromatic carbocycles. The molecule has 0 saturated heterocycles. The van der Waals surface area contributed by atoms with Gasteiger partial charge in [-0.2, -0.15) is 5.26 Å². The van der Waals surface area contributed by atoms with Crippen LogP contribution in [0.25, 0.3) is 10.6 Å². The normalized spacial score (nSPS) is 21.7. The third kappa shape index (κ3) is 3.23. The van der Waals surface area contributed by atoms with Crippen molar-refractivity contribution in [2.24, 2.45) is 5.73 Å². The number of thiophene rings is 1. The van der Waals surface area contributed by atoms with Crippen molar-refractivity contribution in [2.45, 2.75) is 37.8 Å². The van der Waals surface area contributed by atoms with E-state index in [1.165, 1.54) is 24.2 Å². The van der Waals surface area contributed by atoms with Crippen molar-refractivity contribution in [2.75, 3.05) is 0 Å². The molecule has 0 amide bonds. The van der Waals surface area contributed by atoms with Gasteiger partial charge in [-0.05, 0) is 43.5 Å². The Morgan fingerprint density at radius 1 is 1.24 bits per heavy atom. The number of pyridine rings is 1. The SMILES string of the molecule is N#Cc1ccc(-c2ccc(O[C@@H]3CCCC[C@@H]3N)cn2)s1. The third-order valence-electron chi connectivity index (χ3n) is 3.75. The molecular weight excluding hydrogens is 282 g/mol. The maximum Gasteiger partial charge on any atom is 0.138 e. The minimum atomic E-state index is 0.0957. The number of nitrogens with zero attached hydrogens (tertiary/aromatic N) is 2. The van der Waals surface area contributed by atoms with E-state index < -0.39 is 0 Å². The zero-order valence-corrected chi connectivity index (χ0v) is 12.5. The maximum atomic E-state index is 8.86. The lowest BCUT2D eigenvalue weighted by atomic mass is 9.93. The summed E-state index contributed by atoms with van der Waals surface area (Å²) in [5.74, 6) is 0.762. The van der Waals surface area contributed by atoms with Crippen molar-refractivity contribution >= 4 is 11.3 Å². The van der Waals surface area contributed by atoms with Crippen LogP contribution in [0.3, 0.4) is 0 Å². The van der Waals surface area contributed by atoms with Crippen LogP contribution in [-0.4, -0.2) is 17.1 Å². The minimum absolute atomic E-state index is 0.0957. The quantitative estimate of drug-likeness (QED) is 0.943. The highest BCUT2D eigenvalue weighted by atomic mass is 32.1. The largest absolute Gasteiger partial charge is 0.487 e. The fraction of sp³-hybridized carbons (Fsp3) is 0.375. The van der Waals surface area contributed by atoms with Crippen molar-refractivity contribution < 1.29 is 4.74 Å². The van der Waals surface area contributed by atoms with Crippen LogP contribution in [0, 0.1) is 11.3 Å². The molecule has 0 bridgehead atoms. The van der Waals surface area contributed by atoms with Gasteiger partial charge in [0.25, 0.3) is 0 Å². The molecule has 2 aromatic heterocycles. The van der Waals surface area contributed by atoms with Crippen LogP contribution in [0.5, 0.6) is 5.75 Å². The molecule has 1 aliphatic rings.